The van der Waals surface area contributed by atoms with Crippen LogP contribution in [0.1, 0.15) is 24.3 Å². The predicted molar refractivity (Wildman–Crippen MR) is 71.3 cm³/mol. The van der Waals surface area contributed by atoms with Crippen molar-refractivity contribution >= 4 is 11.7 Å². The minimum absolute atomic E-state index is 0.104. The molecule has 5 heteroatoms. The van der Waals surface area contributed by atoms with Gasteiger partial charge in [-0.3, -0.25) is 4.79 Å². The summed E-state index contributed by atoms with van der Waals surface area (Å²) in [6.45, 7) is 5.89. The molecule has 100 valence electrons. The highest BCUT2D eigenvalue weighted by Gasteiger charge is 2.17. The summed E-state index contributed by atoms with van der Waals surface area (Å²) >= 11 is 0. The zero-order valence-corrected chi connectivity index (χ0v) is 11.2. The standard InChI is InChI=1S/C13H21N3O2/c1-10(2)9-16(7-8-18-3)13(17)11-5-4-6-12(14)15-11/h4-6,10H,7-9H2,1-3H3,(H2,14,15). The van der Waals surface area contributed by atoms with Crippen LogP contribution in [0.25, 0.3) is 0 Å². The topological polar surface area (TPSA) is 68.5 Å². The Morgan fingerprint density at radius 1 is 1.50 bits per heavy atom. The number of aromatic nitrogens is 1. The van der Waals surface area contributed by atoms with Crippen LogP contribution in [-0.2, 0) is 4.74 Å². The van der Waals surface area contributed by atoms with Crippen molar-refractivity contribution in [3.63, 3.8) is 0 Å². The SMILES string of the molecule is COCCN(CC(C)C)C(=O)c1cccc(N)n1. The summed E-state index contributed by atoms with van der Waals surface area (Å²) in [5.41, 5.74) is 5.97. The molecule has 18 heavy (non-hydrogen) atoms. The second kappa shape index (κ2) is 6.96. The van der Waals surface area contributed by atoms with Crippen molar-refractivity contribution in [2.75, 3.05) is 32.5 Å². The lowest BCUT2D eigenvalue weighted by molar-refractivity contribution is 0.0666. The first-order valence-electron chi connectivity index (χ1n) is 6.05. The van der Waals surface area contributed by atoms with E-state index in [4.69, 9.17) is 10.5 Å². The fourth-order valence-corrected chi connectivity index (χ4v) is 1.65. The van der Waals surface area contributed by atoms with Crippen molar-refractivity contribution in [2.45, 2.75) is 13.8 Å². The average molecular weight is 251 g/mol. The first-order chi connectivity index (χ1) is 8.54. The molecule has 0 fully saturated rings. The van der Waals surface area contributed by atoms with Gasteiger partial charge >= 0.3 is 0 Å². The third-order valence-corrected chi connectivity index (χ3v) is 2.43. The van der Waals surface area contributed by atoms with E-state index in [0.29, 0.717) is 37.1 Å². The Morgan fingerprint density at radius 2 is 2.22 bits per heavy atom. The molecule has 0 radical (unpaired) electrons. The van der Waals surface area contributed by atoms with E-state index in [-0.39, 0.29) is 5.91 Å². The maximum absolute atomic E-state index is 12.3. The van der Waals surface area contributed by atoms with Crippen LogP contribution in [0.15, 0.2) is 18.2 Å². The van der Waals surface area contributed by atoms with E-state index in [2.05, 4.69) is 18.8 Å². The summed E-state index contributed by atoms with van der Waals surface area (Å²) in [7, 11) is 1.62. The van der Waals surface area contributed by atoms with E-state index in [1.807, 2.05) is 0 Å². The number of nitrogen functional groups attached to an aromatic ring is 1. The molecule has 1 heterocycles. The van der Waals surface area contributed by atoms with Crippen LogP contribution in [0.5, 0.6) is 0 Å². The fraction of sp³-hybridized carbons (Fsp3) is 0.538. The number of methoxy groups -OCH3 is 1. The highest BCUT2D eigenvalue weighted by Crippen LogP contribution is 2.07. The van der Waals surface area contributed by atoms with Crippen LogP contribution >= 0.6 is 0 Å². The van der Waals surface area contributed by atoms with Gasteiger partial charge in [-0.15, -0.1) is 0 Å². The number of amides is 1. The quantitative estimate of drug-likeness (QED) is 0.830. The summed E-state index contributed by atoms with van der Waals surface area (Å²) in [5.74, 6) is 0.650. The maximum Gasteiger partial charge on any atom is 0.272 e. The largest absolute Gasteiger partial charge is 0.384 e. The van der Waals surface area contributed by atoms with Gasteiger partial charge in [0, 0.05) is 20.2 Å². The fourth-order valence-electron chi connectivity index (χ4n) is 1.65. The average Bonchev–Trinajstić information content (AvgIpc) is 2.33. The zero-order chi connectivity index (χ0) is 13.5. The van der Waals surface area contributed by atoms with Crippen LogP contribution in [0.2, 0.25) is 0 Å². The zero-order valence-electron chi connectivity index (χ0n) is 11.2. The Bertz CT molecular complexity index is 394. The van der Waals surface area contributed by atoms with Gasteiger partial charge in [0.15, 0.2) is 0 Å². The molecular formula is C13H21N3O2. The van der Waals surface area contributed by atoms with E-state index in [9.17, 15) is 4.79 Å². The van der Waals surface area contributed by atoms with Crippen LogP contribution < -0.4 is 5.73 Å². The van der Waals surface area contributed by atoms with Gasteiger partial charge in [-0.1, -0.05) is 19.9 Å². The van der Waals surface area contributed by atoms with Crippen molar-refractivity contribution < 1.29 is 9.53 Å². The Labute approximate surface area is 108 Å². The van der Waals surface area contributed by atoms with Gasteiger partial charge in [-0.25, -0.2) is 4.98 Å². The molecule has 0 saturated heterocycles. The molecule has 0 aromatic carbocycles. The minimum Gasteiger partial charge on any atom is -0.384 e. The third-order valence-electron chi connectivity index (χ3n) is 2.43. The molecule has 1 aromatic rings. The molecule has 0 saturated carbocycles. The molecule has 1 aromatic heterocycles. The molecule has 0 atom stereocenters. The maximum atomic E-state index is 12.3. The van der Waals surface area contributed by atoms with Crippen molar-refractivity contribution in [3.05, 3.63) is 23.9 Å². The number of nitrogens with two attached hydrogens (primary N) is 1. The van der Waals surface area contributed by atoms with Crippen molar-refractivity contribution in [2.24, 2.45) is 5.92 Å². The Balaban J connectivity index is 2.80. The van der Waals surface area contributed by atoms with Gasteiger partial charge in [-0.05, 0) is 18.1 Å². The minimum atomic E-state index is -0.104. The summed E-state index contributed by atoms with van der Waals surface area (Å²) in [4.78, 5) is 18.1. The molecule has 0 aliphatic carbocycles. The summed E-state index contributed by atoms with van der Waals surface area (Å²) in [5, 5.41) is 0. The Hall–Kier alpha value is -1.62. The van der Waals surface area contributed by atoms with Crippen molar-refractivity contribution in [1.82, 2.24) is 9.88 Å². The first-order valence-corrected chi connectivity index (χ1v) is 6.05. The van der Waals surface area contributed by atoms with E-state index in [0.717, 1.165) is 0 Å². The van der Waals surface area contributed by atoms with E-state index < -0.39 is 0 Å². The van der Waals surface area contributed by atoms with Crippen molar-refractivity contribution in [1.29, 1.82) is 0 Å². The monoisotopic (exact) mass is 251 g/mol. The van der Waals surface area contributed by atoms with Crippen LogP contribution in [-0.4, -0.2) is 42.6 Å². The second-order valence-corrected chi connectivity index (χ2v) is 4.59. The number of ether oxygens (including phenoxy) is 1. The number of pyridine rings is 1. The highest BCUT2D eigenvalue weighted by atomic mass is 16.5. The lowest BCUT2D eigenvalue weighted by atomic mass is 10.2. The molecule has 0 aliphatic heterocycles. The lowest BCUT2D eigenvalue weighted by Gasteiger charge is -2.24. The third kappa shape index (κ3) is 4.33. The number of hydrogen-bond acceptors (Lipinski definition) is 4. The molecule has 0 aliphatic rings. The number of hydrogen-bond donors (Lipinski definition) is 1. The van der Waals surface area contributed by atoms with Gasteiger partial charge < -0.3 is 15.4 Å². The number of anilines is 1. The number of carbonyl (C=O) groups excluding carboxylic acids is 1. The Kier molecular flexibility index (Phi) is 5.58. The van der Waals surface area contributed by atoms with Crippen molar-refractivity contribution in [3.8, 4) is 0 Å². The molecule has 1 rings (SSSR count). The summed E-state index contributed by atoms with van der Waals surface area (Å²) in [6.07, 6.45) is 0. The van der Waals surface area contributed by atoms with Crippen LogP contribution in [0.3, 0.4) is 0 Å². The smallest absolute Gasteiger partial charge is 0.272 e. The highest BCUT2D eigenvalue weighted by molar-refractivity contribution is 5.92. The molecule has 1 amide bonds. The molecule has 2 N–H and O–H groups in total. The lowest BCUT2D eigenvalue weighted by Crippen LogP contribution is -2.37. The van der Waals surface area contributed by atoms with Gasteiger partial charge in [0.1, 0.15) is 11.5 Å². The van der Waals surface area contributed by atoms with Crippen LogP contribution in [0.4, 0.5) is 5.82 Å². The second-order valence-electron chi connectivity index (χ2n) is 4.59. The summed E-state index contributed by atoms with van der Waals surface area (Å²) in [6, 6.07) is 5.08. The molecule has 0 bridgehead atoms. The number of carbonyl (C=O) groups is 1. The molecular weight excluding hydrogens is 230 g/mol. The van der Waals surface area contributed by atoms with E-state index >= 15 is 0 Å². The predicted octanol–water partition coefficient (Wildman–Crippen LogP) is 1.41. The van der Waals surface area contributed by atoms with Gasteiger partial charge in [-0.2, -0.15) is 0 Å². The van der Waals surface area contributed by atoms with Gasteiger partial charge in [0.2, 0.25) is 0 Å². The Morgan fingerprint density at radius 3 is 2.78 bits per heavy atom. The molecule has 5 nitrogen and oxygen atoms in total. The number of rotatable bonds is 6. The normalized spacial score (nSPS) is 10.7. The summed E-state index contributed by atoms with van der Waals surface area (Å²) < 4.78 is 5.02. The van der Waals surface area contributed by atoms with Gasteiger partial charge in [0.25, 0.3) is 5.91 Å². The first kappa shape index (κ1) is 14.4. The van der Waals surface area contributed by atoms with E-state index in [1.54, 1.807) is 30.2 Å². The van der Waals surface area contributed by atoms with Gasteiger partial charge in [0.05, 0.1) is 6.61 Å². The molecule has 0 spiro atoms. The molecule has 0 unspecified atom stereocenters. The number of nitrogens with zero attached hydrogens (tertiary/aromatic N) is 2. The van der Waals surface area contributed by atoms with E-state index in [1.165, 1.54) is 0 Å². The van der Waals surface area contributed by atoms with Crippen LogP contribution in [0, 0.1) is 5.92 Å².